The van der Waals surface area contributed by atoms with Gasteiger partial charge in [0.1, 0.15) is 0 Å². The van der Waals surface area contributed by atoms with Crippen molar-refractivity contribution in [2.75, 3.05) is 19.7 Å². The Labute approximate surface area is 162 Å². The summed E-state index contributed by atoms with van der Waals surface area (Å²) >= 11 is 0. The predicted octanol–water partition coefficient (Wildman–Crippen LogP) is 2.13. The number of benzene rings is 1. The average molecular weight is 397 g/mol. The van der Waals surface area contributed by atoms with E-state index < -0.39 is 10.0 Å². The fourth-order valence-corrected chi connectivity index (χ4v) is 3.62. The standard InChI is InChI=1S/C19H32N4O3S/c1-2-21-19(22-13-14-26-17-7-5-3-4-6-8-17)23-15-16-9-11-18(12-10-16)27(20,24)25/h9-12,17H,2-8,13-15H2,1H3,(H2,20,24,25)(H2,21,22,23). The van der Waals surface area contributed by atoms with Crippen LogP contribution in [0.3, 0.4) is 0 Å². The molecule has 152 valence electrons. The van der Waals surface area contributed by atoms with E-state index in [-0.39, 0.29) is 4.90 Å². The topological polar surface area (TPSA) is 106 Å². The van der Waals surface area contributed by atoms with E-state index in [4.69, 9.17) is 9.88 Å². The molecule has 1 aromatic rings. The number of ether oxygens (including phenoxy) is 1. The van der Waals surface area contributed by atoms with Crippen LogP contribution in [-0.4, -0.2) is 40.2 Å². The highest BCUT2D eigenvalue weighted by Crippen LogP contribution is 2.19. The van der Waals surface area contributed by atoms with E-state index in [0.29, 0.717) is 25.8 Å². The molecule has 1 aliphatic carbocycles. The maximum Gasteiger partial charge on any atom is 0.238 e. The first-order valence-electron chi connectivity index (χ1n) is 9.74. The Balaban J connectivity index is 1.79. The lowest BCUT2D eigenvalue weighted by Crippen LogP contribution is -2.39. The van der Waals surface area contributed by atoms with E-state index in [1.165, 1.54) is 50.7 Å². The number of nitrogens with two attached hydrogens (primary N) is 1. The summed E-state index contributed by atoms with van der Waals surface area (Å²) in [5, 5.41) is 11.6. The van der Waals surface area contributed by atoms with Gasteiger partial charge in [-0.25, -0.2) is 18.5 Å². The molecule has 0 radical (unpaired) electrons. The molecule has 8 heteroatoms. The highest BCUT2D eigenvalue weighted by Gasteiger charge is 2.12. The minimum atomic E-state index is -3.66. The third-order valence-electron chi connectivity index (χ3n) is 4.57. The van der Waals surface area contributed by atoms with E-state index in [0.717, 1.165) is 18.1 Å². The average Bonchev–Trinajstić information content (AvgIpc) is 2.91. The number of sulfonamides is 1. The third kappa shape index (κ3) is 8.28. The largest absolute Gasteiger partial charge is 0.376 e. The molecule has 1 fully saturated rings. The monoisotopic (exact) mass is 396 g/mol. The fraction of sp³-hybridized carbons (Fsp3) is 0.632. The molecule has 2 rings (SSSR count). The highest BCUT2D eigenvalue weighted by atomic mass is 32.2. The summed E-state index contributed by atoms with van der Waals surface area (Å²) in [5.74, 6) is 0.720. The lowest BCUT2D eigenvalue weighted by Gasteiger charge is -2.16. The molecular weight excluding hydrogens is 364 g/mol. The Hall–Kier alpha value is -1.64. The van der Waals surface area contributed by atoms with Crippen molar-refractivity contribution in [3.63, 3.8) is 0 Å². The Kier molecular flexibility index (Phi) is 9.03. The number of guanidine groups is 1. The molecule has 27 heavy (non-hydrogen) atoms. The first-order valence-corrected chi connectivity index (χ1v) is 11.3. The summed E-state index contributed by atoms with van der Waals surface area (Å²) in [6, 6.07) is 6.45. The van der Waals surface area contributed by atoms with E-state index in [1.54, 1.807) is 12.1 Å². The zero-order chi connectivity index (χ0) is 19.5. The van der Waals surface area contributed by atoms with Crippen LogP contribution in [0.2, 0.25) is 0 Å². The highest BCUT2D eigenvalue weighted by molar-refractivity contribution is 7.89. The third-order valence-corrected chi connectivity index (χ3v) is 5.50. The van der Waals surface area contributed by atoms with Crippen molar-refractivity contribution in [3.05, 3.63) is 29.8 Å². The quantitative estimate of drug-likeness (QED) is 0.270. The van der Waals surface area contributed by atoms with Crippen molar-refractivity contribution in [3.8, 4) is 0 Å². The minimum absolute atomic E-state index is 0.107. The second-order valence-electron chi connectivity index (χ2n) is 6.80. The molecule has 0 heterocycles. The predicted molar refractivity (Wildman–Crippen MR) is 108 cm³/mol. The van der Waals surface area contributed by atoms with Gasteiger partial charge in [-0.3, -0.25) is 0 Å². The van der Waals surface area contributed by atoms with Crippen LogP contribution in [0.15, 0.2) is 34.2 Å². The summed E-state index contributed by atoms with van der Waals surface area (Å²) in [6.45, 7) is 4.59. The second-order valence-corrected chi connectivity index (χ2v) is 8.36. The van der Waals surface area contributed by atoms with Gasteiger partial charge in [0.2, 0.25) is 10.0 Å². The first kappa shape index (κ1) is 21.7. The van der Waals surface area contributed by atoms with Crippen molar-refractivity contribution in [2.45, 2.75) is 63.0 Å². The second kappa shape index (κ2) is 11.3. The van der Waals surface area contributed by atoms with Crippen LogP contribution in [0.1, 0.15) is 51.0 Å². The van der Waals surface area contributed by atoms with Crippen LogP contribution in [0.4, 0.5) is 0 Å². The van der Waals surface area contributed by atoms with Gasteiger partial charge >= 0.3 is 0 Å². The molecule has 0 aromatic heterocycles. The molecule has 1 saturated carbocycles. The van der Waals surface area contributed by atoms with Crippen LogP contribution in [0.5, 0.6) is 0 Å². The van der Waals surface area contributed by atoms with Gasteiger partial charge in [0.25, 0.3) is 0 Å². The van der Waals surface area contributed by atoms with E-state index in [1.807, 2.05) is 6.92 Å². The number of hydrogen-bond donors (Lipinski definition) is 3. The summed E-state index contributed by atoms with van der Waals surface area (Å²) in [6.07, 6.45) is 7.93. The molecule has 1 aromatic carbocycles. The SMILES string of the molecule is CCNC(=NCc1ccc(S(N)(=O)=O)cc1)NCCOC1CCCCCC1. The number of nitrogens with one attached hydrogen (secondary N) is 2. The molecule has 0 spiro atoms. The van der Waals surface area contributed by atoms with E-state index >= 15 is 0 Å². The van der Waals surface area contributed by atoms with Gasteiger partial charge in [0.05, 0.1) is 24.2 Å². The van der Waals surface area contributed by atoms with E-state index in [2.05, 4.69) is 15.6 Å². The van der Waals surface area contributed by atoms with Crippen molar-refractivity contribution >= 4 is 16.0 Å². The lowest BCUT2D eigenvalue weighted by atomic mass is 10.1. The van der Waals surface area contributed by atoms with Gasteiger partial charge in [0.15, 0.2) is 5.96 Å². The Morgan fingerprint density at radius 1 is 1.15 bits per heavy atom. The van der Waals surface area contributed by atoms with Gasteiger partial charge in [-0.2, -0.15) is 0 Å². The van der Waals surface area contributed by atoms with Gasteiger partial charge in [0, 0.05) is 13.1 Å². The fourth-order valence-electron chi connectivity index (χ4n) is 3.10. The molecule has 0 saturated heterocycles. The summed E-state index contributed by atoms with van der Waals surface area (Å²) < 4.78 is 28.6. The molecule has 1 aliphatic rings. The number of primary sulfonamides is 1. The van der Waals surface area contributed by atoms with E-state index in [9.17, 15) is 8.42 Å². The molecule has 4 N–H and O–H groups in total. The van der Waals surface area contributed by atoms with Crippen molar-refractivity contribution in [2.24, 2.45) is 10.1 Å². The molecule has 0 aliphatic heterocycles. The molecule has 0 unspecified atom stereocenters. The zero-order valence-electron chi connectivity index (χ0n) is 16.1. The maximum atomic E-state index is 11.3. The van der Waals surface area contributed by atoms with Crippen LogP contribution in [0, 0.1) is 0 Å². The van der Waals surface area contributed by atoms with Gasteiger partial charge < -0.3 is 15.4 Å². The van der Waals surface area contributed by atoms with Crippen molar-refractivity contribution in [1.29, 1.82) is 0 Å². The summed E-state index contributed by atoms with van der Waals surface area (Å²) in [5.41, 5.74) is 0.911. The lowest BCUT2D eigenvalue weighted by molar-refractivity contribution is 0.0468. The number of nitrogens with zero attached hydrogens (tertiary/aromatic N) is 1. The van der Waals surface area contributed by atoms with Crippen LogP contribution in [-0.2, 0) is 21.3 Å². The molecular formula is C19H32N4O3S. The van der Waals surface area contributed by atoms with Crippen LogP contribution < -0.4 is 15.8 Å². The van der Waals surface area contributed by atoms with Crippen molar-refractivity contribution in [1.82, 2.24) is 10.6 Å². The van der Waals surface area contributed by atoms with Crippen LogP contribution >= 0.6 is 0 Å². The van der Waals surface area contributed by atoms with Crippen molar-refractivity contribution < 1.29 is 13.2 Å². The molecule has 0 amide bonds. The Bertz CT molecular complexity index is 681. The molecule has 0 atom stereocenters. The number of hydrogen-bond acceptors (Lipinski definition) is 4. The zero-order valence-corrected chi connectivity index (χ0v) is 16.9. The van der Waals surface area contributed by atoms with Gasteiger partial charge in [-0.1, -0.05) is 37.8 Å². The Morgan fingerprint density at radius 2 is 1.81 bits per heavy atom. The van der Waals surface area contributed by atoms with Gasteiger partial charge in [-0.05, 0) is 37.5 Å². The summed E-state index contributed by atoms with van der Waals surface area (Å²) in [7, 11) is -3.66. The molecule has 7 nitrogen and oxygen atoms in total. The molecule has 0 bridgehead atoms. The summed E-state index contributed by atoms with van der Waals surface area (Å²) in [4.78, 5) is 4.64. The number of aliphatic imine (C=N–C) groups is 1. The normalized spacial score (nSPS) is 16.7. The van der Waals surface area contributed by atoms with Gasteiger partial charge in [-0.15, -0.1) is 0 Å². The smallest absolute Gasteiger partial charge is 0.238 e. The minimum Gasteiger partial charge on any atom is -0.376 e. The maximum absolute atomic E-state index is 11.3. The number of rotatable bonds is 8. The first-order chi connectivity index (χ1) is 13.0. The van der Waals surface area contributed by atoms with Crippen LogP contribution in [0.25, 0.3) is 0 Å². The Morgan fingerprint density at radius 3 is 2.41 bits per heavy atom.